The number of carbonyl (C=O) groups is 2. The van der Waals surface area contributed by atoms with E-state index < -0.39 is 0 Å². The second-order valence-electron chi connectivity index (χ2n) is 8.49. The molecule has 4 rings (SSSR count). The van der Waals surface area contributed by atoms with Crippen LogP contribution in [0.1, 0.15) is 30.4 Å². The first-order valence-electron chi connectivity index (χ1n) is 10.4. The van der Waals surface area contributed by atoms with Crippen molar-refractivity contribution in [3.05, 3.63) is 59.7 Å². The molecule has 0 spiro atoms. The fraction of sp³-hybridized carbons (Fsp3) is 0.417. The Hall–Kier alpha value is -2.66. The zero-order valence-electron chi connectivity index (χ0n) is 17.2. The standard InChI is InChI=1S/C24H29N3O2/c1-26(2)15-17-7-9-18(10-8-17)22-6-4-3-5-19(22)14-25-24(29)20-13-23(28)27(16-20)21-11-12-21/h3-10,20-21H,11-16H2,1-2H3,(H,25,29)/t20-/m0/s1. The normalized spacial score (nSPS) is 19.1. The minimum atomic E-state index is -0.222. The summed E-state index contributed by atoms with van der Waals surface area (Å²) in [5, 5.41) is 3.06. The minimum Gasteiger partial charge on any atom is -0.352 e. The molecule has 2 aliphatic rings. The highest BCUT2D eigenvalue weighted by Crippen LogP contribution is 2.32. The third kappa shape index (κ3) is 4.67. The lowest BCUT2D eigenvalue weighted by Gasteiger charge is -2.16. The third-order valence-corrected chi connectivity index (χ3v) is 5.75. The Morgan fingerprint density at radius 2 is 1.83 bits per heavy atom. The predicted octanol–water partition coefficient (Wildman–Crippen LogP) is 3.04. The Balaban J connectivity index is 1.41. The SMILES string of the molecule is CN(C)Cc1ccc(-c2ccccc2CNC(=O)[C@H]2CC(=O)N(C3CC3)C2)cc1. The van der Waals surface area contributed by atoms with Crippen LogP contribution in [0.3, 0.4) is 0 Å². The van der Waals surface area contributed by atoms with E-state index in [0.717, 1.165) is 36.1 Å². The van der Waals surface area contributed by atoms with Crippen LogP contribution in [-0.2, 0) is 22.7 Å². The number of nitrogens with one attached hydrogen (secondary N) is 1. The summed E-state index contributed by atoms with van der Waals surface area (Å²) in [6.45, 7) is 1.96. The summed E-state index contributed by atoms with van der Waals surface area (Å²) >= 11 is 0. The van der Waals surface area contributed by atoms with Crippen LogP contribution in [-0.4, -0.2) is 48.3 Å². The summed E-state index contributed by atoms with van der Waals surface area (Å²) in [5.41, 5.74) is 4.64. The smallest absolute Gasteiger partial charge is 0.225 e. The van der Waals surface area contributed by atoms with Gasteiger partial charge in [-0.2, -0.15) is 0 Å². The summed E-state index contributed by atoms with van der Waals surface area (Å²) < 4.78 is 0. The highest BCUT2D eigenvalue weighted by molar-refractivity contribution is 5.89. The van der Waals surface area contributed by atoms with Gasteiger partial charge >= 0.3 is 0 Å². The molecule has 1 aliphatic heterocycles. The monoisotopic (exact) mass is 391 g/mol. The summed E-state index contributed by atoms with van der Waals surface area (Å²) in [6, 6.07) is 17.2. The van der Waals surface area contributed by atoms with Gasteiger partial charge in [0.05, 0.1) is 5.92 Å². The molecule has 152 valence electrons. The zero-order chi connectivity index (χ0) is 20.4. The van der Waals surface area contributed by atoms with Crippen LogP contribution in [0.5, 0.6) is 0 Å². The van der Waals surface area contributed by atoms with E-state index in [4.69, 9.17) is 0 Å². The largest absolute Gasteiger partial charge is 0.352 e. The molecule has 2 amide bonds. The van der Waals surface area contributed by atoms with Crippen LogP contribution in [0, 0.1) is 5.92 Å². The number of amides is 2. The molecule has 1 heterocycles. The minimum absolute atomic E-state index is 0.0161. The lowest BCUT2D eigenvalue weighted by Crippen LogP contribution is -2.33. The highest BCUT2D eigenvalue weighted by atomic mass is 16.2. The molecule has 0 unspecified atom stereocenters. The first kappa shape index (κ1) is 19.6. The topological polar surface area (TPSA) is 52.7 Å². The fourth-order valence-corrected chi connectivity index (χ4v) is 4.08. The molecule has 5 nitrogen and oxygen atoms in total. The molecule has 1 atom stereocenters. The molecule has 5 heteroatoms. The van der Waals surface area contributed by atoms with Crippen LogP contribution in [0.4, 0.5) is 0 Å². The van der Waals surface area contributed by atoms with Gasteiger partial charge in [-0.1, -0.05) is 48.5 Å². The van der Waals surface area contributed by atoms with Crippen molar-refractivity contribution in [3.63, 3.8) is 0 Å². The van der Waals surface area contributed by atoms with Crippen LogP contribution in [0.25, 0.3) is 11.1 Å². The van der Waals surface area contributed by atoms with Gasteiger partial charge in [-0.05, 0) is 49.2 Å². The van der Waals surface area contributed by atoms with E-state index in [9.17, 15) is 9.59 Å². The van der Waals surface area contributed by atoms with Crippen LogP contribution >= 0.6 is 0 Å². The van der Waals surface area contributed by atoms with Crippen molar-refractivity contribution in [1.29, 1.82) is 0 Å². The van der Waals surface area contributed by atoms with Crippen molar-refractivity contribution in [2.24, 2.45) is 5.92 Å². The molecular weight excluding hydrogens is 362 g/mol. The molecule has 2 fully saturated rings. The molecule has 0 aromatic heterocycles. The second kappa shape index (κ2) is 8.37. The molecule has 1 aliphatic carbocycles. The van der Waals surface area contributed by atoms with Gasteiger partial charge in [0.2, 0.25) is 11.8 Å². The Labute approximate surface area is 172 Å². The van der Waals surface area contributed by atoms with E-state index in [-0.39, 0.29) is 17.7 Å². The number of nitrogens with zero attached hydrogens (tertiary/aromatic N) is 2. The number of carbonyl (C=O) groups excluding carboxylic acids is 2. The average Bonchev–Trinajstić information content (AvgIpc) is 3.48. The average molecular weight is 392 g/mol. The molecular formula is C24H29N3O2. The highest BCUT2D eigenvalue weighted by Gasteiger charge is 2.41. The number of hydrogen-bond acceptors (Lipinski definition) is 3. The lowest BCUT2D eigenvalue weighted by molar-refractivity contribution is -0.129. The first-order valence-corrected chi connectivity index (χ1v) is 10.4. The maximum absolute atomic E-state index is 12.7. The van der Waals surface area contributed by atoms with Gasteiger partial charge in [0.25, 0.3) is 0 Å². The number of rotatable bonds is 7. The van der Waals surface area contributed by atoms with Gasteiger partial charge in [0.1, 0.15) is 0 Å². The molecule has 2 aromatic carbocycles. The van der Waals surface area contributed by atoms with E-state index in [1.165, 1.54) is 5.56 Å². The van der Waals surface area contributed by atoms with Crippen LogP contribution in [0.15, 0.2) is 48.5 Å². The molecule has 2 aromatic rings. The zero-order valence-corrected chi connectivity index (χ0v) is 17.2. The van der Waals surface area contributed by atoms with Crippen LogP contribution < -0.4 is 5.32 Å². The summed E-state index contributed by atoms with van der Waals surface area (Å²) in [6.07, 6.45) is 2.51. The van der Waals surface area contributed by atoms with E-state index in [1.807, 2.05) is 17.0 Å². The number of benzene rings is 2. The first-order chi connectivity index (χ1) is 14.0. The van der Waals surface area contributed by atoms with Crippen molar-refractivity contribution in [2.45, 2.75) is 38.4 Å². The van der Waals surface area contributed by atoms with E-state index in [1.54, 1.807) is 0 Å². The van der Waals surface area contributed by atoms with Crippen molar-refractivity contribution >= 4 is 11.8 Å². The van der Waals surface area contributed by atoms with Gasteiger partial charge < -0.3 is 15.1 Å². The van der Waals surface area contributed by atoms with Gasteiger partial charge in [-0.25, -0.2) is 0 Å². The van der Waals surface area contributed by atoms with E-state index >= 15 is 0 Å². The van der Waals surface area contributed by atoms with E-state index in [2.05, 4.69) is 60.7 Å². The Morgan fingerprint density at radius 3 is 2.52 bits per heavy atom. The van der Waals surface area contributed by atoms with Gasteiger partial charge in [0, 0.05) is 32.1 Å². The van der Waals surface area contributed by atoms with Crippen molar-refractivity contribution in [1.82, 2.24) is 15.1 Å². The Bertz CT molecular complexity index is 887. The maximum atomic E-state index is 12.7. The van der Waals surface area contributed by atoms with Gasteiger partial charge in [-0.3, -0.25) is 9.59 Å². The van der Waals surface area contributed by atoms with Crippen LogP contribution in [0.2, 0.25) is 0 Å². The quantitative estimate of drug-likeness (QED) is 0.789. The van der Waals surface area contributed by atoms with Crippen molar-refractivity contribution in [3.8, 4) is 11.1 Å². The van der Waals surface area contributed by atoms with E-state index in [0.29, 0.717) is 25.6 Å². The maximum Gasteiger partial charge on any atom is 0.225 e. The molecule has 1 N–H and O–H groups in total. The van der Waals surface area contributed by atoms with Crippen molar-refractivity contribution < 1.29 is 9.59 Å². The number of hydrogen-bond donors (Lipinski definition) is 1. The molecule has 1 saturated heterocycles. The third-order valence-electron chi connectivity index (χ3n) is 5.75. The molecule has 29 heavy (non-hydrogen) atoms. The summed E-state index contributed by atoms with van der Waals surface area (Å²) in [4.78, 5) is 28.8. The Morgan fingerprint density at radius 1 is 1.10 bits per heavy atom. The van der Waals surface area contributed by atoms with Gasteiger partial charge in [0.15, 0.2) is 0 Å². The second-order valence-corrected chi connectivity index (χ2v) is 8.49. The van der Waals surface area contributed by atoms with Gasteiger partial charge in [-0.15, -0.1) is 0 Å². The summed E-state index contributed by atoms with van der Waals surface area (Å²) in [5.74, 6) is -0.107. The molecule has 1 saturated carbocycles. The lowest BCUT2D eigenvalue weighted by atomic mass is 9.98. The molecule has 0 bridgehead atoms. The summed E-state index contributed by atoms with van der Waals surface area (Å²) in [7, 11) is 4.13. The Kier molecular flexibility index (Phi) is 5.67. The van der Waals surface area contributed by atoms with Crippen molar-refractivity contribution in [2.75, 3.05) is 20.6 Å². The number of likely N-dealkylation sites (tertiary alicyclic amines) is 1. The predicted molar refractivity (Wildman–Crippen MR) is 114 cm³/mol. The fourth-order valence-electron chi connectivity index (χ4n) is 4.08. The molecule has 0 radical (unpaired) electrons.